The van der Waals surface area contributed by atoms with Crippen LogP contribution in [-0.4, -0.2) is 21.1 Å². The van der Waals surface area contributed by atoms with E-state index in [0.29, 0.717) is 23.6 Å². The van der Waals surface area contributed by atoms with Gasteiger partial charge in [0.2, 0.25) is 22.7 Å². The predicted octanol–water partition coefficient (Wildman–Crippen LogP) is 4.03. The molecule has 1 heterocycles. The van der Waals surface area contributed by atoms with Gasteiger partial charge in [-0.05, 0) is 48.7 Å². The Morgan fingerprint density at radius 3 is 2.44 bits per heavy atom. The molecule has 3 aromatic carbocycles. The lowest BCUT2D eigenvalue weighted by atomic mass is 10.1. The number of nitrogens with one attached hydrogen (secondary N) is 2. The molecule has 7 nitrogen and oxygen atoms in total. The summed E-state index contributed by atoms with van der Waals surface area (Å²) in [6, 6.07) is 20.9. The summed E-state index contributed by atoms with van der Waals surface area (Å²) in [7, 11) is -3.65. The lowest BCUT2D eigenvalue weighted by molar-refractivity contribution is -0.116. The SMILES string of the molecule is CC(NS(=O)(=O)c1ccc(CCC(=O)Nc2ccc3c(c2)OCO3)cc1)c1ccccc1. The number of aryl methyl sites for hydroxylation is 1. The standard InChI is InChI=1S/C24H24N2O5S/c1-17(19-5-3-2-4-6-19)26-32(28,29)21-11-7-18(8-12-21)9-14-24(27)25-20-10-13-22-23(15-20)31-16-30-22/h2-8,10-13,15,17,26H,9,14,16H2,1H3,(H,25,27). The van der Waals surface area contributed by atoms with Crippen LogP contribution in [0.1, 0.15) is 30.5 Å². The highest BCUT2D eigenvalue weighted by Gasteiger charge is 2.18. The first-order valence-corrected chi connectivity index (χ1v) is 11.7. The van der Waals surface area contributed by atoms with Gasteiger partial charge in [0.05, 0.1) is 4.90 Å². The van der Waals surface area contributed by atoms with Crippen molar-refractivity contribution in [3.05, 3.63) is 83.9 Å². The fraction of sp³-hybridized carbons (Fsp3) is 0.208. The maximum absolute atomic E-state index is 12.7. The zero-order valence-corrected chi connectivity index (χ0v) is 18.4. The highest BCUT2D eigenvalue weighted by molar-refractivity contribution is 7.89. The molecule has 1 atom stereocenters. The summed E-state index contributed by atoms with van der Waals surface area (Å²) in [5, 5.41) is 2.83. The molecule has 1 amide bonds. The van der Waals surface area contributed by atoms with Gasteiger partial charge in [-0.3, -0.25) is 4.79 Å². The van der Waals surface area contributed by atoms with Crippen LogP contribution in [0.25, 0.3) is 0 Å². The number of ether oxygens (including phenoxy) is 2. The number of carbonyl (C=O) groups is 1. The summed E-state index contributed by atoms with van der Waals surface area (Å²) in [6.45, 7) is 1.99. The van der Waals surface area contributed by atoms with Crippen LogP contribution in [0.4, 0.5) is 5.69 Å². The average Bonchev–Trinajstić information content (AvgIpc) is 3.26. The zero-order chi connectivity index (χ0) is 22.6. The molecule has 0 spiro atoms. The minimum absolute atomic E-state index is 0.140. The van der Waals surface area contributed by atoms with Crippen molar-refractivity contribution in [1.82, 2.24) is 4.72 Å². The van der Waals surface area contributed by atoms with Crippen molar-refractivity contribution in [3.63, 3.8) is 0 Å². The maximum atomic E-state index is 12.7. The van der Waals surface area contributed by atoms with Gasteiger partial charge >= 0.3 is 0 Å². The van der Waals surface area contributed by atoms with Crippen LogP contribution >= 0.6 is 0 Å². The monoisotopic (exact) mass is 452 g/mol. The van der Waals surface area contributed by atoms with Crippen LogP contribution in [-0.2, 0) is 21.2 Å². The molecule has 4 rings (SSSR count). The molecular formula is C24H24N2O5S. The molecule has 1 aliphatic heterocycles. The Labute approximate surface area is 187 Å². The van der Waals surface area contributed by atoms with Gasteiger partial charge in [-0.25, -0.2) is 13.1 Å². The Hall–Kier alpha value is -3.36. The molecule has 2 N–H and O–H groups in total. The summed E-state index contributed by atoms with van der Waals surface area (Å²) >= 11 is 0. The number of sulfonamides is 1. The van der Waals surface area contributed by atoms with Crippen molar-refractivity contribution >= 4 is 21.6 Å². The molecule has 0 saturated carbocycles. The van der Waals surface area contributed by atoms with Crippen LogP contribution in [0.5, 0.6) is 11.5 Å². The molecule has 1 unspecified atom stereocenters. The van der Waals surface area contributed by atoms with Crippen molar-refractivity contribution in [2.24, 2.45) is 0 Å². The number of hydrogen-bond acceptors (Lipinski definition) is 5. The Morgan fingerprint density at radius 1 is 0.969 bits per heavy atom. The normalized spacial score (nSPS) is 13.5. The second-order valence-electron chi connectivity index (χ2n) is 7.51. The molecule has 166 valence electrons. The van der Waals surface area contributed by atoms with Crippen LogP contribution in [0.2, 0.25) is 0 Å². The third kappa shape index (κ3) is 5.27. The van der Waals surface area contributed by atoms with E-state index in [9.17, 15) is 13.2 Å². The van der Waals surface area contributed by atoms with Gasteiger partial charge < -0.3 is 14.8 Å². The molecule has 0 bridgehead atoms. The highest BCUT2D eigenvalue weighted by Crippen LogP contribution is 2.34. The van der Waals surface area contributed by atoms with E-state index in [1.807, 2.05) is 30.3 Å². The van der Waals surface area contributed by atoms with E-state index in [1.165, 1.54) is 0 Å². The summed E-state index contributed by atoms with van der Waals surface area (Å²) in [5.74, 6) is 1.12. The molecule has 0 aliphatic carbocycles. The van der Waals surface area contributed by atoms with Crippen molar-refractivity contribution in [2.45, 2.75) is 30.7 Å². The fourth-order valence-electron chi connectivity index (χ4n) is 3.40. The quantitative estimate of drug-likeness (QED) is 0.538. The third-order valence-electron chi connectivity index (χ3n) is 5.16. The van der Waals surface area contributed by atoms with Crippen molar-refractivity contribution in [2.75, 3.05) is 12.1 Å². The Bertz CT molecular complexity index is 1190. The summed E-state index contributed by atoms with van der Waals surface area (Å²) in [6.07, 6.45) is 0.758. The van der Waals surface area contributed by atoms with Crippen molar-refractivity contribution in [1.29, 1.82) is 0 Å². The Morgan fingerprint density at radius 2 is 1.69 bits per heavy atom. The van der Waals surface area contributed by atoms with E-state index in [2.05, 4.69) is 10.0 Å². The highest BCUT2D eigenvalue weighted by atomic mass is 32.2. The number of rotatable bonds is 8. The lowest BCUT2D eigenvalue weighted by Crippen LogP contribution is -2.26. The molecular weight excluding hydrogens is 428 g/mol. The van der Waals surface area contributed by atoms with Crippen LogP contribution in [0.15, 0.2) is 77.7 Å². The molecule has 8 heteroatoms. The Kier molecular flexibility index (Phi) is 6.43. The lowest BCUT2D eigenvalue weighted by Gasteiger charge is -2.15. The van der Waals surface area contributed by atoms with Gasteiger partial charge in [-0.2, -0.15) is 0 Å². The molecule has 0 aromatic heterocycles. The van der Waals surface area contributed by atoms with E-state index in [0.717, 1.165) is 11.1 Å². The van der Waals surface area contributed by atoms with E-state index in [1.54, 1.807) is 49.4 Å². The fourth-order valence-corrected chi connectivity index (χ4v) is 4.63. The second kappa shape index (κ2) is 9.42. The van der Waals surface area contributed by atoms with Gasteiger partial charge in [0.15, 0.2) is 11.5 Å². The van der Waals surface area contributed by atoms with Gasteiger partial charge in [-0.1, -0.05) is 42.5 Å². The number of benzene rings is 3. The molecule has 0 radical (unpaired) electrons. The zero-order valence-electron chi connectivity index (χ0n) is 17.6. The summed E-state index contributed by atoms with van der Waals surface area (Å²) in [4.78, 5) is 12.5. The van der Waals surface area contributed by atoms with E-state index < -0.39 is 10.0 Å². The van der Waals surface area contributed by atoms with Gasteiger partial charge in [0, 0.05) is 24.2 Å². The largest absolute Gasteiger partial charge is 0.454 e. The average molecular weight is 453 g/mol. The van der Waals surface area contributed by atoms with Crippen LogP contribution < -0.4 is 19.5 Å². The Balaban J connectivity index is 1.31. The summed E-state index contributed by atoms with van der Waals surface area (Å²) < 4.78 is 38.6. The topological polar surface area (TPSA) is 93.7 Å². The van der Waals surface area contributed by atoms with E-state index >= 15 is 0 Å². The number of fused-ring (bicyclic) bond motifs is 1. The van der Waals surface area contributed by atoms with Crippen molar-refractivity contribution < 1.29 is 22.7 Å². The smallest absolute Gasteiger partial charge is 0.241 e. The second-order valence-corrected chi connectivity index (χ2v) is 9.23. The number of hydrogen-bond donors (Lipinski definition) is 2. The van der Waals surface area contributed by atoms with Gasteiger partial charge in [0.25, 0.3) is 0 Å². The number of anilines is 1. The first kappa shape index (κ1) is 21.9. The molecule has 32 heavy (non-hydrogen) atoms. The van der Waals surface area contributed by atoms with Gasteiger partial charge in [0.1, 0.15) is 0 Å². The first-order valence-electron chi connectivity index (χ1n) is 10.3. The van der Waals surface area contributed by atoms with Crippen LogP contribution in [0.3, 0.4) is 0 Å². The first-order chi connectivity index (χ1) is 15.4. The van der Waals surface area contributed by atoms with E-state index in [-0.39, 0.29) is 30.1 Å². The van der Waals surface area contributed by atoms with Crippen LogP contribution in [0, 0.1) is 0 Å². The maximum Gasteiger partial charge on any atom is 0.241 e. The molecule has 0 fully saturated rings. The molecule has 0 saturated heterocycles. The van der Waals surface area contributed by atoms with Crippen molar-refractivity contribution in [3.8, 4) is 11.5 Å². The van der Waals surface area contributed by atoms with E-state index in [4.69, 9.17) is 9.47 Å². The minimum Gasteiger partial charge on any atom is -0.454 e. The third-order valence-corrected chi connectivity index (χ3v) is 6.72. The predicted molar refractivity (Wildman–Crippen MR) is 121 cm³/mol. The number of amides is 1. The molecule has 1 aliphatic rings. The van der Waals surface area contributed by atoms with Gasteiger partial charge in [-0.15, -0.1) is 0 Å². The summed E-state index contributed by atoms with van der Waals surface area (Å²) in [5.41, 5.74) is 2.40. The number of carbonyl (C=O) groups excluding carboxylic acids is 1. The molecule has 3 aromatic rings. The minimum atomic E-state index is -3.65.